The van der Waals surface area contributed by atoms with Gasteiger partial charge in [-0.3, -0.25) is 9.59 Å². The zero-order valence-electron chi connectivity index (χ0n) is 11.6. The van der Waals surface area contributed by atoms with Crippen LogP contribution in [0.5, 0.6) is 0 Å². The molecule has 0 saturated heterocycles. The Hall–Kier alpha value is -2.77. The van der Waals surface area contributed by atoms with Gasteiger partial charge in [-0.05, 0) is 25.0 Å². The summed E-state index contributed by atoms with van der Waals surface area (Å²) in [5.74, 6) is -0.658. The molecule has 114 valence electrons. The normalized spacial score (nSPS) is 13.7. The molecule has 0 atom stereocenters. The van der Waals surface area contributed by atoms with Crippen molar-refractivity contribution < 1.29 is 14.0 Å². The predicted molar refractivity (Wildman–Crippen MR) is 76.4 cm³/mol. The smallest absolute Gasteiger partial charge is 0.246 e. The fraction of sp³-hybridized carbons (Fsp3) is 0.286. The Bertz CT molecular complexity index is 711. The Balaban J connectivity index is 1.56. The molecule has 1 aliphatic carbocycles. The molecule has 1 aromatic carbocycles. The van der Waals surface area contributed by atoms with E-state index in [9.17, 15) is 14.0 Å². The molecule has 2 aromatic rings. The Labute approximate surface area is 125 Å². The van der Waals surface area contributed by atoms with Crippen molar-refractivity contribution in [3.8, 4) is 0 Å². The van der Waals surface area contributed by atoms with E-state index in [4.69, 9.17) is 0 Å². The number of amides is 2. The van der Waals surface area contributed by atoms with E-state index >= 15 is 0 Å². The maximum atomic E-state index is 13.4. The van der Waals surface area contributed by atoms with Gasteiger partial charge in [0.05, 0.1) is 11.9 Å². The van der Waals surface area contributed by atoms with E-state index in [-0.39, 0.29) is 24.1 Å². The summed E-state index contributed by atoms with van der Waals surface area (Å²) in [7, 11) is 0. The first-order chi connectivity index (χ1) is 10.6. The number of hydrogen-bond donors (Lipinski definition) is 2. The lowest BCUT2D eigenvalue weighted by molar-refractivity contribution is -0.117. The van der Waals surface area contributed by atoms with Gasteiger partial charge in [-0.1, -0.05) is 17.3 Å². The predicted octanol–water partition coefficient (Wildman–Crippen LogP) is 1.40. The quantitative estimate of drug-likeness (QED) is 0.874. The summed E-state index contributed by atoms with van der Waals surface area (Å²) in [4.78, 5) is 23.4. The van der Waals surface area contributed by atoms with Crippen LogP contribution in [-0.2, 0) is 16.1 Å². The van der Waals surface area contributed by atoms with Gasteiger partial charge in [0.1, 0.15) is 12.4 Å². The third-order valence-electron chi connectivity index (χ3n) is 3.19. The number of aromatic nitrogens is 3. The number of carbonyl (C=O) groups is 2. The third-order valence-corrected chi connectivity index (χ3v) is 3.19. The fourth-order valence-corrected chi connectivity index (χ4v) is 1.91. The molecule has 3 rings (SSSR count). The van der Waals surface area contributed by atoms with Crippen molar-refractivity contribution in [3.05, 3.63) is 36.3 Å². The zero-order valence-corrected chi connectivity index (χ0v) is 11.6. The average molecular weight is 303 g/mol. The molecular weight excluding hydrogens is 289 g/mol. The van der Waals surface area contributed by atoms with Crippen molar-refractivity contribution in [2.75, 3.05) is 10.6 Å². The Morgan fingerprint density at radius 2 is 2.05 bits per heavy atom. The minimum Gasteiger partial charge on any atom is -0.322 e. The summed E-state index contributed by atoms with van der Waals surface area (Å²) in [6.07, 6.45) is 3.25. The Morgan fingerprint density at radius 1 is 1.27 bits per heavy atom. The van der Waals surface area contributed by atoms with Gasteiger partial charge in [0.25, 0.3) is 0 Å². The first kappa shape index (κ1) is 14.2. The molecule has 2 amide bonds. The summed E-state index contributed by atoms with van der Waals surface area (Å²) >= 11 is 0. The van der Waals surface area contributed by atoms with Crippen molar-refractivity contribution >= 4 is 23.3 Å². The molecule has 7 nitrogen and oxygen atoms in total. The summed E-state index contributed by atoms with van der Waals surface area (Å²) in [5, 5.41) is 12.6. The topological polar surface area (TPSA) is 88.9 Å². The van der Waals surface area contributed by atoms with E-state index in [0.717, 1.165) is 12.8 Å². The van der Waals surface area contributed by atoms with E-state index in [2.05, 4.69) is 20.9 Å². The van der Waals surface area contributed by atoms with Crippen molar-refractivity contribution in [3.63, 3.8) is 0 Å². The van der Waals surface area contributed by atoms with E-state index in [0.29, 0.717) is 5.82 Å². The lowest BCUT2D eigenvalue weighted by Crippen LogP contribution is -2.19. The second-order valence-electron chi connectivity index (χ2n) is 5.09. The highest BCUT2D eigenvalue weighted by molar-refractivity contribution is 5.93. The molecule has 8 heteroatoms. The first-order valence-corrected chi connectivity index (χ1v) is 6.87. The number of halogens is 1. The molecule has 1 fully saturated rings. The van der Waals surface area contributed by atoms with Crippen molar-refractivity contribution in [1.29, 1.82) is 0 Å². The fourth-order valence-electron chi connectivity index (χ4n) is 1.91. The molecule has 0 radical (unpaired) electrons. The van der Waals surface area contributed by atoms with Gasteiger partial charge in [-0.2, -0.15) is 0 Å². The van der Waals surface area contributed by atoms with Crippen LogP contribution in [0.3, 0.4) is 0 Å². The van der Waals surface area contributed by atoms with E-state index in [1.165, 1.54) is 29.1 Å². The molecule has 22 heavy (non-hydrogen) atoms. The molecule has 1 aliphatic rings. The van der Waals surface area contributed by atoms with Crippen LogP contribution in [0.25, 0.3) is 0 Å². The highest BCUT2D eigenvalue weighted by Gasteiger charge is 2.30. The molecule has 1 heterocycles. The van der Waals surface area contributed by atoms with Crippen LogP contribution in [0, 0.1) is 11.7 Å². The maximum absolute atomic E-state index is 13.4. The summed E-state index contributed by atoms with van der Waals surface area (Å²) in [6.45, 7) is -0.124. The monoisotopic (exact) mass is 303 g/mol. The summed E-state index contributed by atoms with van der Waals surface area (Å²) in [6, 6.07) is 5.89. The average Bonchev–Trinajstić information content (AvgIpc) is 3.25. The van der Waals surface area contributed by atoms with Crippen LogP contribution in [0.15, 0.2) is 30.5 Å². The van der Waals surface area contributed by atoms with Gasteiger partial charge >= 0.3 is 0 Å². The molecule has 0 spiro atoms. The third kappa shape index (κ3) is 3.46. The zero-order chi connectivity index (χ0) is 15.5. The number of para-hydroxylation sites is 1. The van der Waals surface area contributed by atoms with Gasteiger partial charge in [-0.15, -0.1) is 5.10 Å². The molecular formula is C14H14FN5O2. The lowest BCUT2D eigenvalue weighted by atomic mass is 10.3. The number of rotatable bonds is 5. The molecule has 2 N–H and O–H groups in total. The maximum Gasteiger partial charge on any atom is 0.246 e. The van der Waals surface area contributed by atoms with Crippen LogP contribution in [0.1, 0.15) is 12.8 Å². The van der Waals surface area contributed by atoms with Crippen LogP contribution in [0.4, 0.5) is 15.9 Å². The lowest BCUT2D eigenvalue weighted by Gasteiger charge is -2.05. The van der Waals surface area contributed by atoms with E-state index < -0.39 is 11.7 Å². The number of carbonyl (C=O) groups excluding carboxylic acids is 2. The summed E-state index contributed by atoms with van der Waals surface area (Å²) < 4.78 is 14.7. The van der Waals surface area contributed by atoms with Crippen molar-refractivity contribution in [2.24, 2.45) is 5.92 Å². The van der Waals surface area contributed by atoms with Gasteiger partial charge in [0.2, 0.25) is 11.8 Å². The van der Waals surface area contributed by atoms with E-state index in [1.54, 1.807) is 6.07 Å². The first-order valence-electron chi connectivity index (χ1n) is 6.87. The molecule has 0 bridgehead atoms. The molecule has 1 aromatic heterocycles. The minimum atomic E-state index is -0.508. The van der Waals surface area contributed by atoms with Gasteiger partial charge in [0.15, 0.2) is 5.82 Å². The highest BCUT2D eigenvalue weighted by atomic mass is 19.1. The molecule has 1 saturated carbocycles. The summed E-state index contributed by atoms with van der Waals surface area (Å²) in [5.41, 5.74) is 0.106. The minimum absolute atomic E-state index is 0.0644. The SMILES string of the molecule is O=C(Cn1cc(NC(=O)C2CC2)nn1)Nc1ccccc1F. The number of hydrogen-bond acceptors (Lipinski definition) is 4. The molecule has 0 aliphatic heterocycles. The standard InChI is InChI=1S/C14H14FN5O2/c15-10-3-1-2-4-11(10)16-13(21)8-20-7-12(18-19-20)17-14(22)9-5-6-9/h1-4,7,9H,5-6,8H2,(H,16,21)(H,17,22). The van der Waals surface area contributed by atoms with Gasteiger partial charge in [-0.25, -0.2) is 9.07 Å². The van der Waals surface area contributed by atoms with Crippen LogP contribution < -0.4 is 10.6 Å². The molecule has 0 unspecified atom stereocenters. The van der Waals surface area contributed by atoms with Crippen molar-refractivity contribution in [2.45, 2.75) is 19.4 Å². The van der Waals surface area contributed by atoms with Gasteiger partial charge < -0.3 is 10.6 Å². The van der Waals surface area contributed by atoms with Crippen LogP contribution in [0.2, 0.25) is 0 Å². The Kier molecular flexibility index (Phi) is 3.82. The second kappa shape index (κ2) is 5.92. The number of nitrogens with one attached hydrogen (secondary N) is 2. The highest BCUT2D eigenvalue weighted by Crippen LogP contribution is 2.29. The van der Waals surface area contributed by atoms with Crippen LogP contribution >= 0.6 is 0 Å². The number of anilines is 2. The Morgan fingerprint density at radius 3 is 2.77 bits per heavy atom. The number of benzene rings is 1. The van der Waals surface area contributed by atoms with Gasteiger partial charge in [0, 0.05) is 5.92 Å². The van der Waals surface area contributed by atoms with Crippen molar-refractivity contribution in [1.82, 2.24) is 15.0 Å². The number of nitrogens with zero attached hydrogens (tertiary/aromatic N) is 3. The van der Waals surface area contributed by atoms with Crippen LogP contribution in [-0.4, -0.2) is 26.8 Å². The largest absolute Gasteiger partial charge is 0.322 e. The second-order valence-corrected chi connectivity index (χ2v) is 5.09. The van der Waals surface area contributed by atoms with E-state index in [1.807, 2.05) is 0 Å².